The van der Waals surface area contributed by atoms with E-state index < -0.39 is 0 Å². The van der Waals surface area contributed by atoms with E-state index in [0.717, 1.165) is 35.4 Å². The van der Waals surface area contributed by atoms with E-state index in [1.54, 1.807) is 6.07 Å². The molecule has 2 aromatic carbocycles. The minimum absolute atomic E-state index is 0.118. The number of fused-ring (bicyclic) bond motifs is 3. The molecule has 0 aliphatic carbocycles. The zero-order valence-corrected chi connectivity index (χ0v) is 14.9. The number of aromatic nitrogens is 2. The van der Waals surface area contributed by atoms with E-state index in [-0.39, 0.29) is 5.82 Å². The number of nitrogens with one attached hydrogen (secondary N) is 1. The van der Waals surface area contributed by atoms with Crippen molar-refractivity contribution in [2.75, 3.05) is 0 Å². The van der Waals surface area contributed by atoms with Crippen LogP contribution in [0.2, 0.25) is 0 Å². The van der Waals surface area contributed by atoms with Crippen LogP contribution in [0.3, 0.4) is 0 Å². The third kappa shape index (κ3) is 3.03. The van der Waals surface area contributed by atoms with Crippen LogP contribution in [0.15, 0.2) is 48.5 Å². The lowest BCUT2D eigenvalue weighted by molar-refractivity contribution is 0.0937. The summed E-state index contributed by atoms with van der Waals surface area (Å²) in [6, 6.07) is 16.6. The van der Waals surface area contributed by atoms with Gasteiger partial charge in [-0.3, -0.25) is 4.90 Å². The first kappa shape index (κ1) is 16.0. The van der Waals surface area contributed by atoms with Gasteiger partial charge in [0.15, 0.2) is 0 Å². The molecule has 1 N–H and O–H groups in total. The molecule has 2 bridgehead atoms. The zero-order chi connectivity index (χ0) is 17.5. The molecule has 0 spiro atoms. The van der Waals surface area contributed by atoms with Crippen molar-refractivity contribution in [1.29, 1.82) is 0 Å². The van der Waals surface area contributed by atoms with Crippen molar-refractivity contribution in [3.63, 3.8) is 0 Å². The molecular formula is C22H24FN3. The molecule has 0 amide bonds. The highest BCUT2D eigenvalue weighted by molar-refractivity contribution is 5.74. The molecule has 3 nitrogen and oxygen atoms in total. The summed E-state index contributed by atoms with van der Waals surface area (Å²) >= 11 is 0. The van der Waals surface area contributed by atoms with Crippen LogP contribution < -0.4 is 0 Å². The fourth-order valence-electron chi connectivity index (χ4n) is 5.06. The zero-order valence-electron chi connectivity index (χ0n) is 14.9. The highest BCUT2D eigenvalue weighted by atomic mass is 19.1. The Labute approximate surface area is 153 Å². The van der Waals surface area contributed by atoms with E-state index in [4.69, 9.17) is 4.98 Å². The van der Waals surface area contributed by atoms with Gasteiger partial charge in [-0.05, 0) is 67.9 Å². The van der Waals surface area contributed by atoms with Crippen LogP contribution in [0, 0.1) is 11.7 Å². The van der Waals surface area contributed by atoms with E-state index in [2.05, 4.69) is 28.1 Å². The average molecular weight is 349 g/mol. The smallest absolute Gasteiger partial charge is 0.123 e. The number of hydrogen-bond donors (Lipinski definition) is 1. The van der Waals surface area contributed by atoms with Gasteiger partial charge in [-0.2, -0.15) is 0 Å². The second-order valence-electron chi connectivity index (χ2n) is 7.93. The molecule has 0 saturated carbocycles. The summed E-state index contributed by atoms with van der Waals surface area (Å²) in [5, 5.41) is 0. The lowest BCUT2D eigenvalue weighted by Gasteiger charge is -2.38. The molecule has 2 unspecified atom stereocenters. The lowest BCUT2D eigenvalue weighted by atomic mass is 9.86. The molecule has 2 atom stereocenters. The molecule has 0 radical (unpaired) electrons. The number of piperidine rings is 1. The molecule has 2 fully saturated rings. The number of benzene rings is 2. The summed E-state index contributed by atoms with van der Waals surface area (Å²) in [5.74, 6) is 1.63. The number of halogens is 1. The summed E-state index contributed by atoms with van der Waals surface area (Å²) in [7, 11) is 0. The van der Waals surface area contributed by atoms with Crippen molar-refractivity contribution in [3.8, 4) is 0 Å². The molecule has 1 aromatic heterocycles. The van der Waals surface area contributed by atoms with Crippen LogP contribution >= 0.6 is 0 Å². The van der Waals surface area contributed by atoms with Crippen LogP contribution in [0.25, 0.3) is 11.0 Å². The van der Waals surface area contributed by atoms with Gasteiger partial charge in [0.25, 0.3) is 0 Å². The van der Waals surface area contributed by atoms with Gasteiger partial charge >= 0.3 is 0 Å². The van der Waals surface area contributed by atoms with Crippen molar-refractivity contribution >= 4 is 11.0 Å². The monoisotopic (exact) mass is 349 g/mol. The van der Waals surface area contributed by atoms with Crippen molar-refractivity contribution in [2.24, 2.45) is 5.92 Å². The van der Waals surface area contributed by atoms with E-state index in [0.29, 0.717) is 18.0 Å². The summed E-state index contributed by atoms with van der Waals surface area (Å²) < 4.78 is 13.5. The molecule has 134 valence electrons. The summed E-state index contributed by atoms with van der Waals surface area (Å²) in [6.07, 6.45) is 6.00. The van der Waals surface area contributed by atoms with Crippen LogP contribution in [-0.2, 0) is 13.0 Å². The standard InChI is InChI=1S/C22H24FN3/c23-17-5-3-4-15(11-17)10-16-12-18-8-9-19(13-16)26(18)14-22-24-20-6-1-2-7-21(20)25-22/h1-7,11,16,18-19H,8-10,12-14H2,(H,24,25). The summed E-state index contributed by atoms with van der Waals surface area (Å²) in [5.41, 5.74) is 3.31. The van der Waals surface area contributed by atoms with Crippen molar-refractivity contribution in [1.82, 2.24) is 14.9 Å². The molecule has 2 saturated heterocycles. The Morgan fingerprint density at radius 1 is 1.04 bits per heavy atom. The third-order valence-electron chi connectivity index (χ3n) is 6.17. The lowest BCUT2D eigenvalue weighted by Crippen LogP contribution is -2.42. The number of rotatable bonds is 4. The second-order valence-corrected chi connectivity index (χ2v) is 7.93. The second kappa shape index (κ2) is 6.51. The Morgan fingerprint density at radius 3 is 2.62 bits per heavy atom. The number of H-pyrrole nitrogens is 1. The van der Waals surface area contributed by atoms with E-state index in [1.807, 2.05) is 18.2 Å². The van der Waals surface area contributed by atoms with Gasteiger partial charge in [0.2, 0.25) is 0 Å². The number of para-hydroxylation sites is 2. The SMILES string of the molecule is Fc1cccc(CC2CC3CCC(C2)N3Cc2nc3ccccc3[nH]2)c1. The van der Waals surface area contributed by atoms with E-state index >= 15 is 0 Å². The molecule has 3 heterocycles. The van der Waals surface area contributed by atoms with Crippen molar-refractivity contribution in [3.05, 3.63) is 65.7 Å². The third-order valence-corrected chi connectivity index (χ3v) is 6.17. The molecule has 2 aliphatic rings. The first-order valence-electron chi connectivity index (χ1n) is 9.68. The maximum Gasteiger partial charge on any atom is 0.123 e. The quantitative estimate of drug-likeness (QED) is 0.741. The predicted molar refractivity (Wildman–Crippen MR) is 101 cm³/mol. The molecule has 4 heteroatoms. The van der Waals surface area contributed by atoms with Crippen molar-refractivity contribution in [2.45, 2.75) is 50.7 Å². The highest BCUT2D eigenvalue weighted by Gasteiger charge is 2.40. The molecular weight excluding hydrogens is 325 g/mol. The van der Waals surface area contributed by atoms with Gasteiger partial charge in [-0.1, -0.05) is 24.3 Å². The van der Waals surface area contributed by atoms with Crippen LogP contribution in [-0.4, -0.2) is 27.0 Å². The minimum Gasteiger partial charge on any atom is -0.341 e. The normalized spacial score (nSPS) is 25.8. The van der Waals surface area contributed by atoms with Crippen LogP contribution in [0.1, 0.15) is 37.1 Å². The Kier molecular flexibility index (Phi) is 4.01. The van der Waals surface area contributed by atoms with Gasteiger partial charge in [-0.25, -0.2) is 9.37 Å². The van der Waals surface area contributed by atoms with E-state index in [1.165, 1.54) is 31.7 Å². The Balaban J connectivity index is 1.28. The minimum atomic E-state index is -0.118. The van der Waals surface area contributed by atoms with Crippen molar-refractivity contribution < 1.29 is 4.39 Å². The summed E-state index contributed by atoms with van der Waals surface area (Å²) in [4.78, 5) is 10.9. The first-order valence-corrected chi connectivity index (χ1v) is 9.68. The number of aromatic amines is 1. The largest absolute Gasteiger partial charge is 0.341 e. The first-order chi connectivity index (χ1) is 12.7. The average Bonchev–Trinajstić information content (AvgIpc) is 3.13. The Morgan fingerprint density at radius 2 is 1.85 bits per heavy atom. The van der Waals surface area contributed by atoms with Gasteiger partial charge in [0, 0.05) is 12.1 Å². The molecule has 2 aliphatic heterocycles. The number of nitrogens with zero attached hydrogens (tertiary/aromatic N) is 2. The van der Waals surface area contributed by atoms with Gasteiger partial charge < -0.3 is 4.98 Å². The maximum atomic E-state index is 13.5. The van der Waals surface area contributed by atoms with E-state index in [9.17, 15) is 4.39 Å². The number of hydrogen-bond acceptors (Lipinski definition) is 2. The van der Waals surface area contributed by atoms with Crippen LogP contribution in [0.4, 0.5) is 4.39 Å². The van der Waals surface area contributed by atoms with Crippen LogP contribution in [0.5, 0.6) is 0 Å². The number of imidazole rings is 1. The molecule has 26 heavy (non-hydrogen) atoms. The molecule has 5 rings (SSSR count). The van der Waals surface area contributed by atoms with Gasteiger partial charge in [-0.15, -0.1) is 0 Å². The van der Waals surface area contributed by atoms with Gasteiger partial charge in [0.05, 0.1) is 17.6 Å². The molecule has 3 aromatic rings. The Bertz CT molecular complexity index is 871. The maximum absolute atomic E-state index is 13.5. The highest BCUT2D eigenvalue weighted by Crippen LogP contribution is 2.40. The Hall–Kier alpha value is -2.20. The fraction of sp³-hybridized carbons (Fsp3) is 0.409. The topological polar surface area (TPSA) is 31.9 Å². The van der Waals surface area contributed by atoms with Gasteiger partial charge in [0.1, 0.15) is 11.6 Å². The summed E-state index contributed by atoms with van der Waals surface area (Å²) in [6.45, 7) is 0.913. The predicted octanol–water partition coefficient (Wildman–Crippen LogP) is 4.69. The fourth-order valence-corrected chi connectivity index (χ4v) is 5.06.